The van der Waals surface area contributed by atoms with Crippen molar-refractivity contribution in [2.45, 2.75) is 19.3 Å². The van der Waals surface area contributed by atoms with E-state index in [1.54, 1.807) is 6.92 Å². The quantitative estimate of drug-likeness (QED) is 0.774. The molecule has 2 heteroatoms. The minimum atomic E-state index is 0.286. The van der Waals surface area contributed by atoms with Crippen LogP contribution in [0.1, 0.15) is 24.8 Å². The first-order chi connectivity index (χ1) is 6.18. The zero-order valence-electron chi connectivity index (χ0n) is 7.46. The van der Waals surface area contributed by atoms with E-state index >= 15 is 0 Å². The second-order valence-electron chi connectivity index (χ2n) is 3.61. The van der Waals surface area contributed by atoms with Crippen LogP contribution < -0.4 is 0 Å². The molecule has 0 heterocycles. The molecular weight excluding hydrogens is 228 g/mol. The Labute approximate surface area is 86.3 Å². The predicted molar refractivity (Wildman–Crippen MR) is 55.7 cm³/mol. The van der Waals surface area contributed by atoms with Crippen LogP contribution >= 0.6 is 15.9 Å². The van der Waals surface area contributed by atoms with E-state index in [1.165, 1.54) is 5.56 Å². The SMILES string of the molecule is CC(=O)[C@H]1CC1c1cccc(Br)c1. The van der Waals surface area contributed by atoms with Gasteiger partial charge in [-0.2, -0.15) is 0 Å². The number of rotatable bonds is 2. The van der Waals surface area contributed by atoms with Crippen LogP contribution in [0.15, 0.2) is 28.7 Å². The number of halogens is 1. The first kappa shape index (κ1) is 8.95. The summed E-state index contributed by atoms with van der Waals surface area (Å²) in [5.74, 6) is 1.09. The molecule has 0 radical (unpaired) electrons. The molecule has 1 nitrogen and oxygen atoms in total. The summed E-state index contributed by atoms with van der Waals surface area (Å²) in [7, 11) is 0. The maximum absolute atomic E-state index is 11.1. The van der Waals surface area contributed by atoms with E-state index in [0.29, 0.717) is 11.7 Å². The zero-order chi connectivity index (χ0) is 9.42. The normalized spacial score (nSPS) is 25.7. The molecule has 0 bridgehead atoms. The molecule has 0 aliphatic heterocycles. The smallest absolute Gasteiger partial charge is 0.133 e. The molecule has 13 heavy (non-hydrogen) atoms. The summed E-state index contributed by atoms with van der Waals surface area (Å²) in [6.45, 7) is 1.68. The van der Waals surface area contributed by atoms with E-state index in [2.05, 4.69) is 28.1 Å². The summed E-state index contributed by atoms with van der Waals surface area (Å²) in [6.07, 6.45) is 1.03. The van der Waals surface area contributed by atoms with Gasteiger partial charge >= 0.3 is 0 Å². The highest BCUT2D eigenvalue weighted by molar-refractivity contribution is 9.10. The zero-order valence-corrected chi connectivity index (χ0v) is 9.04. The van der Waals surface area contributed by atoms with Crippen molar-refractivity contribution in [3.63, 3.8) is 0 Å². The van der Waals surface area contributed by atoms with E-state index in [9.17, 15) is 4.79 Å². The fourth-order valence-electron chi connectivity index (χ4n) is 1.75. The lowest BCUT2D eigenvalue weighted by Crippen LogP contribution is -1.94. The van der Waals surface area contributed by atoms with Crippen LogP contribution in [0.3, 0.4) is 0 Å². The Bertz CT molecular complexity index is 346. The number of carbonyl (C=O) groups excluding carboxylic acids is 1. The average Bonchev–Trinajstić information content (AvgIpc) is 2.82. The van der Waals surface area contributed by atoms with E-state index < -0.39 is 0 Å². The molecule has 1 saturated carbocycles. The number of benzene rings is 1. The van der Waals surface area contributed by atoms with Crippen LogP contribution in [0.4, 0.5) is 0 Å². The van der Waals surface area contributed by atoms with E-state index in [-0.39, 0.29) is 5.92 Å². The first-order valence-corrected chi connectivity index (χ1v) is 5.23. The summed E-state index contributed by atoms with van der Waals surface area (Å²) in [5.41, 5.74) is 1.29. The largest absolute Gasteiger partial charge is 0.300 e. The number of carbonyl (C=O) groups is 1. The van der Waals surface area contributed by atoms with E-state index in [0.717, 1.165) is 10.9 Å². The van der Waals surface area contributed by atoms with Gasteiger partial charge in [-0.25, -0.2) is 0 Å². The fraction of sp³-hybridized carbons (Fsp3) is 0.364. The molecule has 0 N–H and O–H groups in total. The second-order valence-corrected chi connectivity index (χ2v) is 4.53. The van der Waals surface area contributed by atoms with Gasteiger partial charge in [0.05, 0.1) is 0 Å². The van der Waals surface area contributed by atoms with Gasteiger partial charge in [0.25, 0.3) is 0 Å². The molecule has 1 aromatic carbocycles. The molecule has 1 aliphatic carbocycles. The maximum atomic E-state index is 11.1. The summed E-state index contributed by atoms with van der Waals surface area (Å²) in [4.78, 5) is 11.1. The predicted octanol–water partition coefficient (Wildman–Crippen LogP) is 3.14. The molecule has 0 saturated heterocycles. The van der Waals surface area contributed by atoms with Gasteiger partial charge in [0.2, 0.25) is 0 Å². The van der Waals surface area contributed by atoms with Crippen LogP contribution in [0.25, 0.3) is 0 Å². The van der Waals surface area contributed by atoms with Gasteiger partial charge in [0, 0.05) is 10.4 Å². The van der Waals surface area contributed by atoms with Gasteiger partial charge < -0.3 is 0 Å². The second kappa shape index (κ2) is 3.26. The molecule has 1 aromatic rings. The maximum Gasteiger partial charge on any atom is 0.133 e. The van der Waals surface area contributed by atoms with Gasteiger partial charge in [-0.1, -0.05) is 28.1 Å². The lowest BCUT2D eigenvalue weighted by molar-refractivity contribution is -0.118. The molecule has 1 fully saturated rings. The molecule has 1 aliphatic rings. The Morgan fingerprint density at radius 3 is 2.85 bits per heavy atom. The standard InChI is InChI=1S/C11H11BrO/c1-7(13)10-6-11(10)8-3-2-4-9(12)5-8/h2-5,10-11H,6H2,1H3/t10-,11?/m1/s1. The molecule has 1 unspecified atom stereocenters. The summed E-state index contributed by atoms with van der Waals surface area (Å²) < 4.78 is 1.10. The Morgan fingerprint density at radius 2 is 2.31 bits per heavy atom. The number of ketones is 1. The van der Waals surface area contributed by atoms with Crippen molar-refractivity contribution < 1.29 is 4.79 Å². The highest BCUT2D eigenvalue weighted by Gasteiger charge is 2.41. The minimum absolute atomic E-state index is 0.286. The van der Waals surface area contributed by atoms with Crippen LogP contribution in [0.2, 0.25) is 0 Å². The number of hydrogen-bond donors (Lipinski definition) is 0. The third-order valence-electron chi connectivity index (χ3n) is 2.59. The van der Waals surface area contributed by atoms with Gasteiger partial charge in [0.15, 0.2) is 0 Å². The Balaban J connectivity index is 2.16. The molecule has 0 aromatic heterocycles. The number of hydrogen-bond acceptors (Lipinski definition) is 1. The molecule has 0 spiro atoms. The van der Waals surface area contributed by atoms with Gasteiger partial charge in [-0.3, -0.25) is 4.79 Å². The molecule has 68 valence electrons. The molecular formula is C11H11BrO. The Morgan fingerprint density at radius 1 is 1.54 bits per heavy atom. The van der Waals surface area contributed by atoms with Crippen molar-refractivity contribution in [3.05, 3.63) is 34.3 Å². The summed E-state index contributed by atoms with van der Waals surface area (Å²) in [6, 6.07) is 8.23. The van der Waals surface area contributed by atoms with Crippen LogP contribution in [0, 0.1) is 5.92 Å². The van der Waals surface area contributed by atoms with Gasteiger partial charge in [-0.05, 0) is 37.0 Å². The molecule has 0 amide bonds. The minimum Gasteiger partial charge on any atom is -0.300 e. The summed E-state index contributed by atoms with van der Waals surface area (Å²) in [5, 5.41) is 0. The Hall–Kier alpha value is -0.630. The van der Waals surface area contributed by atoms with Crippen molar-refractivity contribution in [1.29, 1.82) is 0 Å². The highest BCUT2D eigenvalue weighted by atomic mass is 79.9. The van der Waals surface area contributed by atoms with Crippen molar-refractivity contribution >= 4 is 21.7 Å². The average molecular weight is 239 g/mol. The van der Waals surface area contributed by atoms with Crippen molar-refractivity contribution in [3.8, 4) is 0 Å². The van der Waals surface area contributed by atoms with Crippen LogP contribution in [-0.2, 0) is 4.79 Å². The van der Waals surface area contributed by atoms with E-state index in [4.69, 9.17) is 0 Å². The fourth-order valence-corrected chi connectivity index (χ4v) is 2.17. The van der Waals surface area contributed by atoms with Gasteiger partial charge in [-0.15, -0.1) is 0 Å². The lowest BCUT2D eigenvalue weighted by Gasteiger charge is -1.98. The Kier molecular flexibility index (Phi) is 2.24. The van der Waals surface area contributed by atoms with Crippen LogP contribution in [-0.4, -0.2) is 5.78 Å². The topological polar surface area (TPSA) is 17.1 Å². The van der Waals surface area contributed by atoms with Crippen molar-refractivity contribution in [2.75, 3.05) is 0 Å². The summed E-state index contributed by atoms with van der Waals surface area (Å²) >= 11 is 3.43. The number of Topliss-reactive ketones (excluding diaryl/α,β-unsaturated/α-hetero) is 1. The van der Waals surface area contributed by atoms with Gasteiger partial charge in [0.1, 0.15) is 5.78 Å². The van der Waals surface area contributed by atoms with Crippen LogP contribution in [0.5, 0.6) is 0 Å². The molecule has 2 rings (SSSR count). The van der Waals surface area contributed by atoms with E-state index in [1.807, 2.05) is 12.1 Å². The van der Waals surface area contributed by atoms with Crippen molar-refractivity contribution in [1.82, 2.24) is 0 Å². The molecule has 2 atom stereocenters. The lowest BCUT2D eigenvalue weighted by atomic mass is 10.1. The first-order valence-electron chi connectivity index (χ1n) is 4.44. The highest BCUT2D eigenvalue weighted by Crippen LogP contribution is 2.48. The van der Waals surface area contributed by atoms with Crippen molar-refractivity contribution in [2.24, 2.45) is 5.92 Å². The monoisotopic (exact) mass is 238 g/mol. The third kappa shape index (κ3) is 1.83. The third-order valence-corrected chi connectivity index (χ3v) is 3.08.